The van der Waals surface area contributed by atoms with E-state index in [9.17, 15) is 13.2 Å². The Balaban J connectivity index is 2.28. The van der Waals surface area contributed by atoms with Gasteiger partial charge in [0.1, 0.15) is 5.72 Å². The van der Waals surface area contributed by atoms with E-state index in [2.05, 4.69) is 5.32 Å². The minimum atomic E-state index is -4.33. The van der Waals surface area contributed by atoms with Gasteiger partial charge in [-0.25, -0.2) is 0 Å². The molecule has 2 unspecified atom stereocenters. The first-order valence-electron chi connectivity index (χ1n) is 5.88. The summed E-state index contributed by atoms with van der Waals surface area (Å²) < 4.78 is 43.6. The first-order valence-corrected chi connectivity index (χ1v) is 5.88. The lowest BCUT2D eigenvalue weighted by Gasteiger charge is -2.38. The molecule has 1 aromatic carbocycles. The van der Waals surface area contributed by atoms with Gasteiger partial charge in [0.2, 0.25) is 0 Å². The van der Waals surface area contributed by atoms with Gasteiger partial charge in [-0.2, -0.15) is 13.2 Å². The molecule has 0 bridgehead atoms. The Bertz CT molecular complexity index is 422. The zero-order chi connectivity index (χ0) is 13.4. The number of rotatable bonds is 1. The molecular formula is C13H16F3NO. The maximum absolute atomic E-state index is 12.7. The van der Waals surface area contributed by atoms with Crippen LogP contribution in [0, 0.1) is 5.92 Å². The van der Waals surface area contributed by atoms with Gasteiger partial charge >= 0.3 is 6.18 Å². The van der Waals surface area contributed by atoms with Crippen LogP contribution in [0.1, 0.15) is 25.0 Å². The quantitative estimate of drug-likeness (QED) is 0.836. The van der Waals surface area contributed by atoms with Gasteiger partial charge < -0.3 is 4.74 Å². The molecule has 0 aliphatic carbocycles. The molecule has 0 amide bonds. The predicted molar refractivity (Wildman–Crippen MR) is 61.9 cm³/mol. The average Bonchev–Trinajstić information content (AvgIpc) is 2.32. The van der Waals surface area contributed by atoms with E-state index >= 15 is 0 Å². The number of nitrogens with one attached hydrogen (secondary N) is 1. The summed E-state index contributed by atoms with van der Waals surface area (Å²) in [5.41, 5.74) is -0.984. The van der Waals surface area contributed by atoms with Crippen molar-refractivity contribution < 1.29 is 17.9 Å². The molecule has 0 radical (unpaired) electrons. The van der Waals surface area contributed by atoms with Crippen molar-refractivity contribution in [1.29, 1.82) is 0 Å². The van der Waals surface area contributed by atoms with E-state index < -0.39 is 17.5 Å². The van der Waals surface area contributed by atoms with Gasteiger partial charge in [0.25, 0.3) is 0 Å². The van der Waals surface area contributed by atoms with Crippen LogP contribution < -0.4 is 5.32 Å². The van der Waals surface area contributed by atoms with Crippen molar-refractivity contribution in [1.82, 2.24) is 5.32 Å². The molecule has 1 fully saturated rings. The van der Waals surface area contributed by atoms with Crippen molar-refractivity contribution in [2.24, 2.45) is 5.92 Å². The van der Waals surface area contributed by atoms with Gasteiger partial charge in [-0.3, -0.25) is 5.32 Å². The van der Waals surface area contributed by atoms with Crippen LogP contribution in [0.3, 0.4) is 0 Å². The third-order valence-corrected chi connectivity index (χ3v) is 3.19. The lowest BCUT2D eigenvalue weighted by molar-refractivity contribution is -0.138. The highest BCUT2D eigenvalue weighted by Gasteiger charge is 2.35. The van der Waals surface area contributed by atoms with Crippen molar-refractivity contribution in [3.63, 3.8) is 0 Å². The second kappa shape index (κ2) is 4.55. The van der Waals surface area contributed by atoms with Crippen molar-refractivity contribution in [2.45, 2.75) is 25.7 Å². The molecule has 100 valence electrons. The second-order valence-corrected chi connectivity index (χ2v) is 4.91. The highest BCUT2D eigenvalue weighted by Crippen LogP contribution is 2.33. The summed E-state index contributed by atoms with van der Waals surface area (Å²) in [7, 11) is 0. The van der Waals surface area contributed by atoms with Crippen molar-refractivity contribution >= 4 is 0 Å². The van der Waals surface area contributed by atoms with E-state index in [0.29, 0.717) is 18.1 Å². The summed E-state index contributed by atoms with van der Waals surface area (Å²) in [4.78, 5) is 0. The maximum atomic E-state index is 12.7. The Morgan fingerprint density at radius 1 is 1.39 bits per heavy atom. The zero-order valence-corrected chi connectivity index (χ0v) is 10.3. The Morgan fingerprint density at radius 2 is 2.11 bits per heavy atom. The van der Waals surface area contributed by atoms with Crippen molar-refractivity contribution in [3.8, 4) is 0 Å². The van der Waals surface area contributed by atoms with Gasteiger partial charge in [0.15, 0.2) is 0 Å². The molecule has 2 rings (SSSR count). The molecule has 2 atom stereocenters. The molecule has 0 aromatic heterocycles. The maximum Gasteiger partial charge on any atom is 0.416 e. The van der Waals surface area contributed by atoms with Crippen molar-refractivity contribution in [3.05, 3.63) is 35.4 Å². The van der Waals surface area contributed by atoms with Gasteiger partial charge in [0.05, 0.1) is 12.2 Å². The van der Waals surface area contributed by atoms with Gasteiger partial charge in [0, 0.05) is 6.54 Å². The lowest BCUT2D eigenvalue weighted by atomic mass is 9.98. The predicted octanol–water partition coefficient (Wildman–Crippen LogP) is 3.13. The molecule has 1 saturated heterocycles. The van der Waals surface area contributed by atoms with Gasteiger partial charge in [-0.15, -0.1) is 0 Å². The van der Waals surface area contributed by atoms with Crippen LogP contribution in [0.4, 0.5) is 13.2 Å². The number of hydrogen-bond acceptors (Lipinski definition) is 2. The molecule has 2 nitrogen and oxygen atoms in total. The number of alkyl halides is 3. The first kappa shape index (κ1) is 13.4. The smallest absolute Gasteiger partial charge is 0.356 e. The van der Waals surface area contributed by atoms with Crippen LogP contribution in [0.2, 0.25) is 0 Å². The molecular weight excluding hydrogens is 243 g/mol. The van der Waals surface area contributed by atoms with E-state index in [-0.39, 0.29) is 0 Å². The number of hydrogen-bond donors (Lipinski definition) is 1. The zero-order valence-electron chi connectivity index (χ0n) is 10.3. The van der Waals surface area contributed by atoms with E-state index in [1.54, 1.807) is 13.0 Å². The third kappa shape index (κ3) is 2.67. The van der Waals surface area contributed by atoms with Crippen LogP contribution in [-0.4, -0.2) is 13.2 Å². The van der Waals surface area contributed by atoms with E-state index in [1.165, 1.54) is 6.07 Å². The first-order chi connectivity index (χ1) is 8.31. The molecule has 1 aliphatic rings. The normalized spacial score (nSPS) is 29.3. The highest BCUT2D eigenvalue weighted by molar-refractivity contribution is 5.29. The molecule has 1 N–H and O–H groups in total. The molecule has 1 aromatic rings. The van der Waals surface area contributed by atoms with Crippen molar-refractivity contribution in [2.75, 3.05) is 13.2 Å². The Labute approximate surface area is 104 Å². The molecule has 0 saturated carbocycles. The highest BCUT2D eigenvalue weighted by atomic mass is 19.4. The Kier molecular flexibility index (Phi) is 3.38. The van der Waals surface area contributed by atoms with Crippen LogP contribution >= 0.6 is 0 Å². The largest absolute Gasteiger partial charge is 0.416 e. The lowest BCUT2D eigenvalue weighted by Crippen LogP contribution is -2.50. The fraction of sp³-hybridized carbons (Fsp3) is 0.538. The standard InChI is InChI=1S/C13H16F3NO/c1-9-7-17-12(2,18-8-9)10-4-3-5-11(6-10)13(14,15)16/h3-6,9,17H,7-8H2,1-2H3. The minimum absolute atomic E-state index is 0.365. The average molecular weight is 259 g/mol. The van der Waals surface area contributed by atoms with E-state index in [1.807, 2.05) is 6.92 Å². The Hall–Kier alpha value is -1.07. The topological polar surface area (TPSA) is 21.3 Å². The van der Waals surface area contributed by atoms with Gasteiger partial charge in [-0.05, 0) is 30.5 Å². The summed E-state index contributed by atoms with van der Waals surface area (Å²) in [6, 6.07) is 5.27. The second-order valence-electron chi connectivity index (χ2n) is 4.91. The summed E-state index contributed by atoms with van der Waals surface area (Å²) in [5, 5.41) is 3.15. The van der Waals surface area contributed by atoms with Crippen LogP contribution in [0.5, 0.6) is 0 Å². The van der Waals surface area contributed by atoms with Gasteiger partial charge in [-0.1, -0.05) is 19.1 Å². The molecule has 18 heavy (non-hydrogen) atoms. The summed E-state index contributed by atoms with van der Waals surface area (Å²) in [6.07, 6.45) is -4.33. The van der Waals surface area contributed by atoms with Crippen LogP contribution in [0.15, 0.2) is 24.3 Å². The third-order valence-electron chi connectivity index (χ3n) is 3.19. The minimum Gasteiger partial charge on any atom is -0.356 e. The fourth-order valence-electron chi connectivity index (χ4n) is 1.97. The molecule has 1 heterocycles. The fourth-order valence-corrected chi connectivity index (χ4v) is 1.97. The van der Waals surface area contributed by atoms with Crippen LogP contribution in [-0.2, 0) is 16.6 Å². The molecule has 1 aliphatic heterocycles. The summed E-state index contributed by atoms with van der Waals surface area (Å²) in [6.45, 7) is 5.06. The number of ether oxygens (including phenoxy) is 1. The SMILES string of the molecule is CC1CNC(C)(c2cccc(C(F)(F)F)c2)OC1. The molecule has 0 spiro atoms. The van der Waals surface area contributed by atoms with E-state index in [4.69, 9.17) is 4.74 Å². The Morgan fingerprint density at radius 3 is 2.67 bits per heavy atom. The van der Waals surface area contributed by atoms with E-state index in [0.717, 1.165) is 18.7 Å². The summed E-state index contributed by atoms with van der Waals surface area (Å²) in [5.74, 6) is 0.365. The summed E-state index contributed by atoms with van der Waals surface area (Å²) >= 11 is 0. The number of benzene rings is 1. The number of halogens is 3. The molecule has 5 heteroatoms. The van der Waals surface area contributed by atoms with Crippen LogP contribution in [0.25, 0.3) is 0 Å². The monoisotopic (exact) mass is 259 g/mol.